The summed E-state index contributed by atoms with van der Waals surface area (Å²) in [4.78, 5) is 28.5. The second kappa shape index (κ2) is 6.45. The van der Waals surface area contributed by atoms with Gasteiger partial charge in [0, 0.05) is 16.4 Å². The van der Waals surface area contributed by atoms with Gasteiger partial charge in [0.1, 0.15) is 17.4 Å². The molecule has 2 aromatic heterocycles. The number of nitrogens with two attached hydrogens (primary N) is 1. The van der Waals surface area contributed by atoms with E-state index in [0.717, 1.165) is 10.2 Å². The highest BCUT2D eigenvalue weighted by Crippen LogP contribution is 2.19. The molecule has 24 heavy (non-hydrogen) atoms. The predicted molar refractivity (Wildman–Crippen MR) is 93.5 cm³/mol. The van der Waals surface area contributed by atoms with Gasteiger partial charge in [0.15, 0.2) is 0 Å². The van der Waals surface area contributed by atoms with Gasteiger partial charge in [-0.2, -0.15) is 0 Å². The Hall–Kier alpha value is -2.67. The monoisotopic (exact) mass is 386 g/mol. The maximum Gasteiger partial charge on any atom is 0.272 e. The first-order chi connectivity index (χ1) is 11.5. The standard InChI is InChI=1S/C17H15BrN4O2/c1-10-4-2-7-14-20-13(9-22(10)14)17(24)21-15(16(19)23)11-5-3-6-12(18)8-11/h2-9,15H,1H3,(H2,19,23)(H,21,24). The van der Waals surface area contributed by atoms with E-state index in [4.69, 9.17) is 5.73 Å². The van der Waals surface area contributed by atoms with Gasteiger partial charge < -0.3 is 15.5 Å². The van der Waals surface area contributed by atoms with Crippen molar-refractivity contribution in [3.05, 3.63) is 70.1 Å². The van der Waals surface area contributed by atoms with Crippen molar-refractivity contribution in [2.75, 3.05) is 0 Å². The lowest BCUT2D eigenvalue weighted by molar-refractivity contribution is -0.120. The fourth-order valence-electron chi connectivity index (χ4n) is 2.47. The molecule has 3 aromatic rings. The summed E-state index contributed by atoms with van der Waals surface area (Å²) in [5.74, 6) is -1.09. The molecule has 0 spiro atoms. The number of carbonyl (C=O) groups excluding carboxylic acids is 2. The molecule has 0 aliphatic carbocycles. The second-order valence-corrected chi connectivity index (χ2v) is 6.30. The normalized spacial score (nSPS) is 12.1. The van der Waals surface area contributed by atoms with E-state index >= 15 is 0 Å². The summed E-state index contributed by atoms with van der Waals surface area (Å²) in [5, 5.41) is 2.65. The minimum Gasteiger partial charge on any atom is -0.368 e. The number of pyridine rings is 1. The van der Waals surface area contributed by atoms with Gasteiger partial charge >= 0.3 is 0 Å². The molecule has 1 atom stereocenters. The predicted octanol–water partition coefficient (Wildman–Crippen LogP) is 2.36. The Bertz CT molecular complexity index is 935. The lowest BCUT2D eigenvalue weighted by Crippen LogP contribution is -2.37. The van der Waals surface area contributed by atoms with Gasteiger partial charge in [0.2, 0.25) is 5.91 Å². The average Bonchev–Trinajstić information content (AvgIpc) is 2.98. The van der Waals surface area contributed by atoms with Gasteiger partial charge in [-0.05, 0) is 36.8 Å². The van der Waals surface area contributed by atoms with Gasteiger partial charge in [-0.15, -0.1) is 0 Å². The van der Waals surface area contributed by atoms with Crippen molar-refractivity contribution in [2.45, 2.75) is 13.0 Å². The van der Waals surface area contributed by atoms with Crippen molar-refractivity contribution >= 4 is 33.4 Å². The van der Waals surface area contributed by atoms with E-state index in [1.807, 2.05) is 35.6 Å². The molecule has 3 rings (SSSR count). The van der Waals surface area contributed by atoms with Crippen molar-refractivity contribution in [3.63, 3.8) is 0 Å². The van der Waals surface area contributed by atoms with Crippen LogP contribution in [-0.4, -0.2) is 21.2 Å². The molecule has 2 heterocycles. The van der Waals surface area contributed by atoms with Gasteiger partial charge in [-0.1, -0.05) is 34.1 Å². The molecule has 1 aromatic carbocycles. The highest BCUT2D eigenvalue weighted by atomic mass is 79.9. The molecule has 7 heteroatoms. The van der Waals surface area contributed by atoms with Crippen molar-refractivity contribution in [2.24, 2.45) is 5.73 Å². The smallest absolute Gasteiger partial charge is 0.272 e. The Morgan fingerprint density at radius 2 is 2.00 bits per heavy atom. The molecule has 0 aliphatic rings. The van der Waals surface area contributed by atoms with Crippen LogP contribution in [0, 0.1) is 6.92 Å². The number of fused-ring (bicyclic) bond motifs is 1. The van der Waals surface area contributed by atoms with E-state index in [-0.39, 0.29) is 5.69 Å². The number of rotatable bonds is 4. The molecule has 0 saturated carbocycles. The topological polar surface area (TPSA) is 89.5 Å². The second-order valence-electron chi connectivity index (χ2n) is 5.39. The van der Waals surface area contributed by atoms with E-state index < -0.39 is 17.9 Å². The number of carbonyl (C=O) groups is 2. The molecular formula is C17H15BrN4O2. The molecule has 0 fully saturated rings. The number of nitrogens with zero attached hydrogens (tertiary/aromatic N) is 2. The van der Waals surface area contributed by atoms with Crippen LogP contribution >= 0.6 is 15.9 Å². The highest BCUT2D eigenvalue weighted by molar-refractivity contribution is 9.10. The molecule has 0 saturated heterocycles. The largest absolute Gasteiger partial charge is 0.368 e. The number of aryl methyl sites for hydroxylation is 1. The number of hydrogen-bond acceptors (Lipinski definition) is 3. The molecule has 0 radical (unpaired) electrons. The van der Waals surface area contributed by atoms with Crippen LogP contribution in [0.2, 0.25) is 0 Å². The van der Waals surface area contributed by atoms with Crippen LogP contribution < -0.4 is 11.1 Å². The molecule has 3 N–H and O–H groups in total. The van der Waals surface area contributed by atoms with Crippen LogP contribution in [0.5, 0.6) is 0 Å². The number of nitrogens with one attached hydrogen (secondary N) is 1. The summed E-state index contributed by atoms with van der Waals surface area (Å²) in [7, 11) is 0. The molecule has 0 bridgehead atoms. The number of aromatic nitrogens is 2. The van der Waals surface area contributed by atoms with Crippen LogP contribution in [0.15, 0.2) is 53.1 Å². The van der Waals surface area contributed by atoms with E-state index in [0.29, 0.717) is 11.2 Å². The Balaban J connectivity index is 1.90. The number of halogens is 1. The fourth-order valence-corrected chi connectivity index (χ4v) is 2.88. The number of hydrogen-bond donors (Lipinski definition) is 2. The first-order valence-electron chi connectivity index (χ1n) is 7.26. The van der Waals surface area contributed by atoms with E-state index in [9.17, 15) is 9.59 Å². The third kappa shape index (κ3) is 3.16. The summed E-state index contributed by atoms with van der Waals surface area (Å²) < 4.78 is 2.61. The molecule has 122 valence electrons. The van der Waals surface area contributed by atoms with Crippen LogP contribution in [0.3, 0.4) is 0 Å². The minimum atomic E-state index is -0.930. The van der Waals surface area contributed by atoms with E-state index in [1.165, 1.54) is 0 Å². The fraction of sp³-hybridized carbons (Fsp3) is 0.118. The van der Waals surface area contributed by atoms with E-state index in [1.54, 1.807) is 24.4 Å². The SMILES string of the molecule is Cc1cccc2nc(C(=O)NC(C(N)=O)c3cccc(Br)c3)cn12. The maximum atomic E-state index is 12.5. The van der Waals surface area contributed by atoms with Crippen LogP contribution in [0.25, 0.3) is 5.65 Å². The third-order valence-electron chi connectivity index (χ3n) is 3.67. The lowest BCUT2D eigenvalue weighted by Gasteiger charge is -2.15. The zero-order chi connectivity index (χ0) is 17.3. The summed E-state index contributed by atoms with van der Waals surface area (Å²) in [6.45, 7) is 1.92. The van der Waals surface area contributed by atoms with Crippen LogP contribution in [0.1, 0.15) is 27.8 Å². The van der Waals surface area contributed by atoms with Crippen LogP contribution in [0.4, 0.5) is 0 Å². The number of benzene rings is 1. The minimum absolute atomic E-state index is 0.227. The molecular weight excluding hydrogens is 372 g/mol. The van der Waals surface area contributed by atoms with Crippen molar-refractivity contribution in [1.82, 2.24) is 14.7 Å². The average molecular weight is 387 g/mol. The zero-order valence-corrected chi connectivity index (χ0v) is 14.4. The Morgan fingerprint density at radius 3 is 2.67 bits per heavy atom. The van der Waals surface area contributed by atoms with Gasteiger partial charge in [-0.3, -0.25) is 9.59 Å². The number of primary amides is 1. The van der Waals surface area contributed by atoms with Gasteiger partial charge in [0.25, 0.3) is 5.91 Å². The summed E-state index contributed by atoms with van der Waals surface area (Å²) in [6.07, 6.45) is 1.64. The molecule has 6 nitrogen and oxygen atoms in total. The van der Waals surface area contributed by atoms with Crippen LogP contribution in [-0.2, 0) is 4.79 Å². The molecule has 0 aliphatic heterocycles. The number of amides is 2. The Labute approximate surface area is 146 Å². The van der Waals surface area contributed by atoms with Crippen molar-refractivity contribution in [1.29, 1.82) is 0 Å². The van der Waals surface area contributed by atoms with E-state index in [2.05, 4.69) is 26.2 Å². The quantitative estimate of drug-likeness (QED) is 0.720. The van der Waals surface area contributed by atoms with Gasteiger partial charge in [0.05, 0.1) is 0 Å². The first-order valence-corrected chi connectivity index (χ1v) is 8.05. The van der Waals surface area contributed by atoms with Crippen molar-refractivity contribution in [3.8, 4) is 0 Å². The maximum absolute atomic E-state index is 12.5. The van der Waals surface area contributed by atoms with Gasteiger partial charge in [-0.25, -0.2) is 4.98 Å². The summed E-state index contributed by atoms with van der Waals surface area (Å²) in [5.41, 5.74) is 7.90. The summed E-state index contributed by atoms with van der Waals surface area (Å²) >= 11 is 3.34. The highest BCUT2D eigenvalue weighted by Gasteiger charge is 2.22. The molecule has 2 amide bonds. The third-order valence-corrected chi connectivity index (χ3v) is 4.16. The molecule has 1 unspecified atom stereocenters. The first kappa shape index (κ1) is 16.2. The zero-order valence-electron chi connectivity index (χ0n) is 12.9. The lowest BCUT2D eigenvalue weighted by atomic mass is 10.1. The summed E-state index contributed by atoms with van der Waals surface area (Å²) in [6, 6.07) is 11.7. The number of imidazole rings is 1. The Kier molecular flexibility index (Phi) is 4.35. The van der Waals surface area contributed by atoms with Crippen molar-refractivity contribution < 1.29 is 9.59 Å². The Morgan fingerprint density at radius 1 is 1.25 bits per heavy atom.